The number of fused-ring (bicyclic) bond motifs is 3. The highest BCUT2D eigenvalue weighted by molar-refractivity contribution is 6.32. The summed E-state index contributed by atoms with van der Waals surface area (Å²) >= 11 is 0. The first kappa shape index (κ1) is 28.0. The van der Waals surface area contributed by atoms with E-state index in [0.29, 0.717) is 12.5 Å². The summed E-state index contributed by atoms with van der Waals surface area (Å²) in [5.74, 6) is -11.9. The molecule has 0 aliphatic heterocycles. The van der Waals surface area contributed by atoms with Crippen molar-refractivity contribution in [2.24, 2.45) is 35.3 Å². The zero-order valence-corrected chi connectivity index (χ0v) is 21.9. The van der Waals surface area contributed by atoms with E-state index in [1.807, 2.05) is 0 Å². The van der Waals surface area contributed by atoms with E-state index in [1.165, 1.54) is 19.0 Å². The van der Waals surface area contributed by atoms with Crippen LogP contribution in [0.1, 0.15) is 48.2 Å². The van der Waals surface area contributed by atoms with Crippen molar-refractivity contribution in [3.05, 3.63) is 28.6 Å². The van der Waals surface area contributed by atoms with Gasteiger partial charge < -0.3 is 21.3 Å². The fourth-order valence-corrected chi connectivity index (χ4v) is 6.45. The first-order chi connectivity index (χ1) is 17.7. The SMILES string of the molecule is CC(C)CCNCc1cc(O)c2c(c1F)CC1CC3C(N(C)C)C(=O)C(C(N)=O)C(=O)C3(O)C(=O)C1C2=O. The summed E-state index contributed by atoms with van der Waals surface area (Å²) in [6, 6.07) is -0.0544. The smallest absolute Gasteiger partial charge is 0.235 e. The number of nitrogens with one attached hydrogen (secondary N) is 1. The summed E-state index contributed by atoms with van der Waals surface area (Å²) in [4.78, 5) is 67.0. The third-order valence-corrected chi connectivity index (χ3v) is 8.28. The highest BCUT2D eigenvalue weighted by Crippen LogP contribution is 2.51. The lowest BCUT2D eigenvalue weighted by Crippen LogP contribution is -2.74. The molecule has 3 aliphatic rings. The lowest BCUT2D eigenvalue weighted by molar-refractivity contribution is -0.181. The summed E-state index contributed by atoms with van der Waals surface area (Å²) in [6.07, 6.45) is 0.639. The van der Waals surface area contributed by atoms with Crippen LogP contribution in [0.25, 0.3) is 0 Å². The van der Waals surface area contributed by atoms with Gasteiger partial charge in [0.15, 0.2) is 34.7 Å². The van der Waals surface area contributed by atoms with Gasteiger partial charge in [-0.3, -0.25) is 28.9 Å². The van der Waals surface area contributed by atoms with Gasteiger partial charge in [0.2, 0.25) is 5.91 Å². The van der Waals surface area contributed by atoms with Gasteiger partial charge in [0, 0.05) is 23.6 Å². The Morgan fingerprint density at radius 2 is 1.89 bits per heavy atom. The van der Waals surface area contributed by atoms with E-state index in [9.17, 15) is 34.2 Å². The van der Waals surface area contributed by atoms with Crippen molar-refractivity contribution < 1.29 is 38.6 Å². The Bertz CT molecular complexity index is 1230. The molecule has 3 aliphatic carbocycles. The van der Waals surface area contributed by atoms with E-state index in [4.69, 9.17) is 5.73 Å². The molecule has 10 nitrogen and oxygen atoms in total. The van der Waals surface area contributed by atoms with E-state index in [1.54, 1.807) is 0 Å². The van der Waals surface area contributed by atoms with Crippen LogP contribution in [-0.4, -0.2) is 76.4 Å². The molecule has 1 aromatic rings. The average molecular weight is 532 g/mol. The quantitative estimate of drug-likeness (QED) is 0.283. The van der Waals surface area contributed by atoms with Crippen molar-refractivity contribution in [2.45, 2.75) is 51.3 Å². The van der Waals surface area contributed by atoms with Gasteiger partial charge in [-0.05, 0) is 57.8 Å². The Morgan fingerprint density at radius 3 is 2.47 bits per heavy atom. The molecule has 38 heavy (non-hydrogen) atoms. The molecule has 0 bridgehead atoms. The number of amides is 1. The number of carbonyl (C=O) groups excluding carboxylic acids is 5. The molecule has 5 N–H and O–H groups in total. The number of Topliss-reactive ketones (excluding diaryl/α,β-unsaturated/α-hetero) is 4. The van der Waals surface area contributed by atoms with Gasteiger partial charge >= 0.3 is 0 Å². The lowest BCUT2D eigenvalue weighted by Gasteiger charge is -2.52. The highest BCUT2D eigenvalue weighted by atomic mass is 19.1. The topological polar surface area (TPSA) is 167 Å². The fraction of sp³-hybridized carbons (Fsp3) is 0.593. The Hall–Kier alpha value is -3.02. The predicted octanol–water partition coefficient (Wildman–Crippen LogP) is 0.142. The number of benzene rings is 1. The molecule has 0 heterocycles. The number of likely N-dealkylation sites (N-methyl/N-ethyl adjacent to an activating group) is 1. The molecular formula is C27H34FN3O7. The highest BCUT2D eigenvalue weighted by Gasteiger charge is 2.69. The van der Waals surface area contributed by atoms with Gasteiger partial charge in [-0.25, -0.2) is 4.39 Å². The van der Waals surface area contributed by atoms with Crippen molar-refractivity contribution in [3.8, 4) is 5.75 Å². The number of aromatic hydroxyl groups is 1. The van der Waals surface area contributed by atoms with Crippen LogP contribution in [0.4, 0.5) is 4.39 Å². The number of nitrogens with two attached hydrogens (primary N) is 1. The van der Waals surface area contributed by atoms with Crippen molar-refractivity contribution in [1.29, 1.82) is 0 Å². The number of hydrogen-bond donors (Lipinski definition) is 4. The molecule has 206 valence electrons. The molecule has 4 rings (SSSR count). The zero-order valence-electron chi connectivity index (χ0n) is 21.9. The minimum absolute atomic E-state index is 0.0278. The first-order valence-corrected chi connectivity index (χ1v) is 12.8. The van der Waals surface area contributed by atoms with E-state index in [2.05, 4.69) is 19.2 Å². The van der Waals surface area contributed by atoms with Crippen LogP contribution in [0.15, 0.2) is 6.07 Å². The molecule has 0 aromatic heterocycles. The fourth-order valence-electron chi connectivity index (χ4n) is 6.45. The van der Waals surface area contributed by atoms with Crippen LogP contribution in [0.5, 0.6) is 5.75 Å². The second-order valence-electron chi connectivity index (χ2n) is 11.4. The first-order valence-electron chi connectivity index (χ1n) is 12.8. The number of nitrogens with zero attached hydrogens (tertiary/aromatic N) is 1. The lowest BCUT2D eigenvalue weighted by atomic mass is 9.52. The van der Waals surface area contributed by atoms with Crippen LogP contribution in [-0.2, 0) is 32.1 Å². The average Bonchev–Trinajstić information content (AvgIpc) is 2.81. The standard InChI is InChI=1S/C27H34FN3O7/c1-11(2)5-6-30-10-13-9-16(32)18-14(20(13)28)7-12-8-15-21(31(3)4)23(34)19(26(29)37)25(36)27(15,38)24(35)17(12)22(18)33/h9,11-12,15,17,19,21,30,32,38H,5-8,10H2,1-4H3,(H2,29,37). The zero-order chi connectivity index (χ0) is 28.3. The monoisotopic (exact) mass is 531 g/mol. The number of phenolic OH excluding ortho intramolecular Hbond substituents is 1. The van der Waals surface area contributed by atoms with Crippen molar-refractivity contribution in [2.75, 3.05) is 20.6 Å². The molecule has 2 fully saturated rings. The molecule has 11 heteroatoms. The minimum Gasteiger partial charge on any atom is -0.507 e. The van der Waals surface area contributed by atoms with Crippen LogP contribution in [0.2, 0.25) is 0 Å². The van der Waals surface area contributed by atoms with Gasteiger partial charge in [0.1, 0.15) is 11.6 Å². The summed E-state index contributed by atoms with van der Waals surface area (Å²) in [5.41, 5.74) is 2.30. The molecule has 2 saturated carbocycles. The molecular weight excluding hydrogens is 497 g/mol. The largest absolute Gasteiger partial charge is 0.507 e. The number of hydrogen-bond acceptors (Lipinski definition) is 9. The van der Waals surface area contributed by atoms with Crippen LogP contribution in [0, 0.1) is 35.4 Å². The predicted molar refractivity (Wildman–Crippen MR) is 132 cm³/mol. The van der Waals surface area contributed by atoms with Crippen LogP contribution >= 0.6 is 0 Å². The Kier molecular flexibility index (Phi) is 7.32. The van der Waals surface area contributed by atoms with Crippen molar-refractivity contribution in [3.63, 3.8) is 0 Å². The van der Waals surface area contributed by atoms with Gasteiger partial charge in [0.05, 0.1) is 17.5 Å². The Labute approximate surface area is 219 Å². The summed E-state index contributed by atoms with van der Waals surface area (Å²) in [6.45, 7) is 4.88. The van der Waals surface area contributed by atoms with Gasteiger partial charge in [-0.15, -0.1) is 0 Å². The molecule has 0 radical (unpaired) electrons. The van der Waals surface area contributed by atoms with E-state index >= 15 is 4.39 Å². The van der Waals surface area contributed by atoms with E-state index in [-0.39, 0.29) is 36.1 Å². The second kappa shape index (κ2) is 9.94. The molecule has 6 atom stereocenters. The Balaban J connectivity index is 1.75. The van der Waals surface area contributed by atoms with Gasteiger partial charge in [0.25, 0.3) is 0 Å². The summed E-state index contributed by atoms with van der Waals surface area (Å²) in [5, 5.41) is 25.4. The number of halogens is 1. The van der Waals surface area contributed by atoms with Crippen LogP contribution < -0.4 is 11.1 Å². The molecule has 1 aromatic carbocycles. The maximum absolute atomic E-state index is 15.6. The normalized spacial score (nSPS) is 30.9. The number of aliphatic hydroxyl groups is 1. The summed E-state index contributed by atoms with van der Waals surface area (Å²) < 4.78 is 15.6. The van der Waals surface area contributed by atoms with Gasteiger partial charge in [-0.2, -0.15) is 0 Å². The van der Waals surface area contributed by atoms with Crippen molar-refractivity contribution >= 4 is 29.0 Å². The Morgan fingerprint density at radius 1 is 1.24 bits per heavy atom. The third-order valence-electron chi connectivity index (χ3n) is 8.28. The maximum atomic E-state index is 15.6. The second-order valence-corrected chi connectivity index (χ2v) is 11.4. The number of primary amides is 1. The molecule has 1 amide bonds. The number of phenols is 1. The number of ketones is 4. The number of carbonyl (C=O) groups is 5. The number of rotatable bonds is 7. The third kappa shape index (κ3) is 4.17. The summed E-state index contributed by atoms with van der Waals surface area (Å²) in [7, 11) is 3.01. The molecule has 0 saturated heterocycles. The maximum Gasteiger partial charge on any atom is 0.235 e. The molecule has 6 unspecified atom stereocenters. The van der Waals surface area contributed by atoms with E-state index in [0.717, 1.165) is 12.5 Å². The van der Waals surface area contributed by atoms with Gasteiger partial charge in [-0.1, -0.05) is 13.8 Å². The van der Waals surface area contributed by atoms with E-state index < -0.39 is 75.9 Å². The minimum atomic E-state index is -2.80. The molecule has 0 spiro atoms. The van der Waals surface area contributed by atoms with Crippen molar-refractivity contribution in [1.82, 2.24) is 10.2 Å². The van der Waals surface area contributed by atoms with Crippen LogP contribution in [0.3, 0.4) is 0 Å².